The second-order valence-electron chi connectivity index (χ2n) is 6.05. The minimum Gasteiger partial charge on any atom is -0.370 e. The van der Waals surface area contributed by atoms with Crippen molar-refractivity contribution in [2.45, 2.75) is 32.4 Å². The fraction of sp³-hybridized carbons (Fsp3) is 0.263. The number of nitrogens with one attached hydrogen (secondary N) is 1. The Balaban J connectivity index is 2.48. The number of aryl methyl sites for hydroxylation is 1. The Morgan fingerprint density at radius 1 is 1.22 bits per heavy atom. The molecular formula is C19H18F4N2O2. The minimum absolute atomic E-state index is 0.0819. The number of carbonyl (C=O) groups is 1. The van der Waals surface area contributed by atoms with Crippen molar-refractivity contribution in [3.8, 4) is 0 Å². The van der Waals surface area contributed by atoms with Crippen LogP contribution < -0.4 is 11.3 Å². The molecule has 0 radical (unpaired) electrons. The van der Waals surface area contributed by atoms with Gasteiger partial charge in [-0.05, 0) is 38.0 Å². The van der Waals surface area contributed by atoms with Gasteiger partial charge in [0.25, 0.3) is 5.56 Å². The first-order valence-corrected chi connectivity index (χ1v) is 8.15. The summed E-state index contributed by atoms with van der Waals surface area (Å²) in [4.78, 5) is 25.3. The van der Waals surface area contributed by atoms with Crippen molar-refractivity contribution >= 4 is 11.5 Å². The van der Waals surface area contributed by atoms with Crippen LogP contribution in [0.1, 0.15) is 41.6 Å². The standard InChI is InChI=1S/C19H18F4N2O2/c1-11-6-9-16(25-18(11)27)14(4-2-3-5-17(24)26)13-8-7-12(10-15(13)20)19(21,22)23/h4,6-10H,2-3,5H2,1H3,(H2,24,26)(H,25,27)/b14-4+. The van der Waals surface area contributed by atoms with Crippen LogP contribution in [0.3, 0.4) is 0 Å². The third kappa shape index (κ3) is 5.29. The monoisotopic (exact) mass is 382 g/mol. The van der Waals surface area contributed by atoms with E-state index in [-0.39, 0.29) is 28.8 Å². The fourth-order valence-corrected chi connectivity index (χ4v) is 2.50. The number of benzene rings is 1. The Kier molecular flexibility index (Phi) is 6.20. The number of unbranched alkanes of at least 4 members (excludes halogenated alkanes) is 1. The number of H-pyrrole nitrogens is 1. The summed E-state index contributed by atoms with van der Waals surface area (Å²) in [5.74, 6) is -1.55. The average Bonchev–Trinajstić information content (AvgIpc) is 2.57. The van der Waals surface area contributed by atoms with Crippen molar-refractivity contribution in [1.82, 2.24) is 4.98 Å². The van der Waals surface area contributed by atoms with E-state index in [0.29, 0.717) is 24.5 Å². The predicted molar refractivity (Wildman–Crippen MR) is 93.3 cm³/mol. The Hall–Kier alpha value is -2.90. The van der Waals surface area contributed by atoms with Crippen molar-refractivity contribution in [2.75, 3.05) is 0 Å². The number of hydrogen-bond acceptors (Lipinski definition) is 2. The lowest BCUT2D eigenvalue weighted by Gasteiger charge is -2.13. The number of aromatic amines is 1. The van der Waals surface area contributed by atoms with Crippen LogP contribution in [0.15, 0.2) is 41.2 Å². The molecule has 0 bridgehead atoms. The molecule has 3 N–H and O–H groups in total. The van der Waals surface area contributed by atoms with E-state index in [9.17, 15) is 27.2 Å². The molecule has 8 heteroatoms. The van der Waals surface area contributed by atoms with E-state index in [2.05, 4.69) is 4.98 Å². The van der Waals surface area contributed by atoms with Gasteiger partial charge < -0.3 is 10.7 Å². The number of allylic oxidation sites excluding steroid dienone is 1. The van der Waals surface area contributed by atoms with Crippen molar-refractivity contribution in [3.05, 3.63) is 75.0 Å². The average molecular weight is 382 g/mol. The van der Waals surface area contributed by atoms with Crippen molar-refractivity contribution < 1.29 is 22.4 Å². The molecule has 4 nitrogen and oxygen atoms in total. The highest BCUT2D eigenvalue weighted by Gasteiger charge is 2.31. The smallest absolute Gasteiger partial charge is 0.370 e. The topological polar surface area (TPSA) is 76.0 Å². The van der Waals surface area contributed by atoms with E-state index < -0.39 is 23.5 Å². The quantitative estimate of drug-likeness (QED) is 0.587. The summed E-state index contributed by atoms with van der Waals surface area (Å²) in [6, 6.07) is 5.30. The molecule has 0 atom stereocenters. The van der Waals surface area contributed by atoms with Gasteiger partial charge in [0.15, 0.2) is 0 Å². The third-order valence-electron chi connectivity index (χ3n) is 3.96. The van der Waals surface area contributed by atoms with E-state index in [4.69, 9.17) is 5.73 Å². The molecule has 1 heterocycles. The number of rotatable bonds is 6. The number of pyridine rings is 1. The maximum absolute atomic E-state index is 14.4. The first-order valence-electron chi connectivity index (χ1n) is 8.15. The number of hydrogen-bond donors (Lipinski definition) is 2. The third-order valence-corrected chi connectivity index (χ3v) is 3.96. The van der Waals surface area contributed by atoms with Gasteiger partial charge in [0.05, 0.1) is 5.56 Å². The molecule has 144 valence electrons. The van der Waals surface area contributed by atoms with E-state index in [1.54, 1.807) is 19.1 Å². The first kappa shape index (κ1) is 20.4. The Labute approximate surface area is 152 Å². The van der Waals surface area contributed by atoms with Gasteiger partial charge in [0.1, 0.15) is 5.82 Å². The van der Waals surface area contributed by atoms with Crippen LogP contribution >= 0.6 is 0 Å². The van der Waals surface area contributed by atoms with Crippen LogP contribution in [0.2, 0.25) is 0 Å². The Morgan fingerprint density at radius 3 is 2.48 bits per heavy atom. The molecule has 1 aromatic heterocycles. The number of primary amides is 1. The number of amides is 1. The summed E-state index contributed by atoms with van der Waals surface area (Å²) in [5, 5.41) is 0. The van der Waals surface area contributed by atoms with Crippen molar-refractivity contribution in [2.24, 2.45) is 5.73 Å². The zero-order chi connectivity index (χ0) is 20.2. The Bertz CT molecular complexity index is 930. The van der Waals surface area contributed by atoms with Gasteiger partial charge in [-0.25, -0.2) is 4.39 Å². The normalized spacial score (nSPS) is 12.3. The van der Waals surface area contributed by atoms with Crippen LogP contribution in [-0.4, -0.2) is 10.9 Å². The number of halogens is 4. The van der Waals surface area contributed by atoms with Crippen LogP contribution in [0.25, 0.3) is 5.57 Å². The molecule has 2 aromatic rings. The molecule has 27 heavy (non-hydrogen) atoms. The predicted octanol–water partition coefficient (Wildman–Crippen LogP) is 3.93. The first-order chi connectivity index (χ1) is 12.6. The van der Waals surface area contributed by atoms with Gasteiger partial charge >= 0.3 is 6.18 Å². The lowest BCUT2D eigenvalue weighted by molar-refractivity contribution is -0.137. The number of alkyl halides is 3. The maximum Gasteiger partial charge on any atom is 0.416 e. The highest BCUT2D eigenvalue weighted by molar-refractivity contribution is 5.78. The molecule has 2 rings (SSSR count). The zero-order valence-electron chi connectivity index (χ0n) is 14.5. The van der Waals surface area contributed by atoms with E-state index in [1.165, 1.54) is 6.07 Å². The summed E-state index contributed by atoms with van der Waals surface area (Å²) in [7, 11) is 0. The van der Waals surface area contributed by atoms with Crippen LogP contribution in [-0.2, 0) is 11.0 Å². The van der Waals surface area contributed by atoms with Crippen LogP contribution in [0.5, 0.6) is 0 Å². The number of nitrogens with two attached hydrogens (primary N) is 1. The summed E-state index contributed by atoms with van der Waals surface area (Å²) in [6.45, 7) is 1.59. The molecular weight excluding hydrogens is 364 g/mol. The van der Waals surface area contributed by atoms with E-state index in [0.717, 1.165) is 12.1 Å². The molecule has 0 aliphatic rings. The minimum atomic E-state index is -4.66. The second kappa shape index (κ2) is 8.20. The Morgan fingerprint density at radius 2 is 1.93 bits per heavy atom. The number of aromatic nitrogens is 1. The SMILES string of the molecule is Cc1ccc(/C(=C/CCCC(N)=O)c2ccc(C(F)(F)F)cc2F)[nH]c1=O. The van der Waals surface area contributed by atoms with E-state index >= 15 is 0 Å². The molecule has 0 saturated heterocycles. The molecule has 1 aromatic carbocycles. The zero-order valence-corrected chi connectivity index (χ0v) is 14.5. The molecule has 0 spiro atoms. The van der Waals surface area contributed by atoms with Gasteiger partial charge in [-0.3, -0.25) is 9.59 Å². The largest absolute Gasteiger partial charge is 0.416 e. The van der Waals surface area contributed by atoms with Gasteiger partial charge in [-0.2, -0.15) is 13.2 Å². The lowest BCUT2D eigenvalue weighted by Crippen LogP contribution is -2.12. The highest BCUT2D eigenvalue weighted by atomic mass is 19.4. The maximum atomic E-state index is 14.4. The molecule has 0 unspecified atom stereocenters. The summed E-state index contributed by atoms with van der Waals surface area (Å²) in [6.07, 6.45) is -2.27. The van der Waals surface area contributed by atoms with Crippen molar-refractivity contribution in [1.29, 1.82) is 0 Å². The molecule has 0 aliphatic carbocycles. The molecule has 1 amide bonds. The van der Waals surface area contributed by atoms with Crippen LogP contribution in [0.4, 0.5) is 17.6 Å². The van der Waals surface area contributed by atoms with Gasteiger partial charge in [-0.1, -0.05) is 18.2 Å². The number of carbonyl (C=O) groups excluding carboxylic acids is 1. The summed E-state index contributed by atoms with van der Waals surface area (Å²) < 4.78 is 52.7. The fourth-order valence-electron chi connectivity index (χ4n) is 2.50. The van der Waals surface area contributed by atoms with Gasteiger partial charge in [0, 0.05) is 28.8 Å². The van der Waals surface area contributed by atoms with Gasteiger partial charge in [-0.15, -0.1) is 0 Å². The highest BCUT2D eigenvalue weighted by Crippen LogP contribution is 2.33. The van der Waals surface area contributed by atoms with Gasteiger partial charge in [0.2, 0.25) is 5.91 Å². The van der Waals surface area contributed by atoms with Crippen molar-refractivity contribution in [3.63, 3.8) is 0 Å². The lowest BCUT2D eigenvalue weighted by atomic mass is 9.97. The van der Waals surface area contributed by atoms with Crippen LogP contribution in [0, 0.1) is 12.7 Å². The molecule has 0 aliphatic heterocycles. The van der Waals surface area contributed by atoms with E-state index in [1.807, 2.05) is 0 Å². The summed E-state index contributed by atoms with van der Waals surface area (Å²) in [5.41, 5.74) is 4.46. The second-order valence-corrected chi connectivity index (χ2v) is 6.05. The molecule has 0 fully saturated rings. The summed E-state index contributed by atoms with van der Waals surface area (Å²) >= 11 is 0. The molecule has 0 saturated carbocycles.